The molecule has 0 unspecified atom stereocenters. The maximum Gasteiger partial charge on any atom is 0.291 e. The van der Waals surface area contributed by atoms with E-state index in [0.717, 1.165) is 18.4 Å². The lowest BCUT2D eigenvalue weighted by molar-refractivity contribution is 0.0991. The highest BCUT2D eigenvalue weighted by molar-refractivity contribution is 7.89. The summed E-state index contributed by atoms with van der Waals surface area (Å²) in [6.45, 7) is 2.79. The van der Waals surface area contributed by atoms with E-state index in [2.05, 4.69) is 5.32 Å². The van der Waals surface area contributed by atoms with Gasteiger partial charge in [-0.15, -0.1) is 0 Å². The first-order valence-electron chi connectivity index (χ1n) is 7.55. The smallest absolute Gasteiger partial charge is 0.291 e. The Balaban J connectivity index is 1.80. The maximum atomic E-state index is 12.4. The molecule has 3 rings (SSSR count). The third-order valence-corrected chi connectivity index (χ3v) is 5.92. The Hall–Kier alpha value is -1.83. The van der Waals surface area contributed by atoms with Crippen LogP contribution in [0, 0.1) is 6.92 Å². The molecule has 0 aliphatic carbocycles. The van der Waals surface area contributed by atoms with Crippen LogP contribution in [0.3, 0.4) is 0 Å². The van der Waals surface area contributed by atoms with Gasteiger partial charge in [0.2, 0.25) is 5.09 Å². The summed E-state index contributed by atoms with van der Waals surface area (Å²) in [5.41, 5.74) is 1.39. The van der Waals surface area contributed by atoms with Crippen molar-refractivity contribution in [1.29, 1.82) is 0 Å². The molecule has 0 atom stereocenters. The molecule has 1 aliphatic rings. The van der Waals surface area contributed by atoms with E-state index in [1.165, 1.54) is 16.4 Å². The predicted molar refractivity (Wildman–Crippen MR) is 90.8 cm³/mol. The van der Waals surface area contributed by atoms with E-state index >= 15 is 0 Å². The molecule has 2 aromatic rings. The highest BCUT2D eigenvalue weighted by atomic mass is 35.5. The fourth-order valence-corrected chi connectivity index (χ4v) is 4.15. The minimum absolute atomic E-state index is 0.0628. The van der Waals surface area contributed by atoms with Crippen molar-refractivity contribution in [2.75, 3.05) is 18.4 Å². The number of nitrogens with zero attached hydrogens (tertiary/aromatic N) is 1. The van der Waals surface area contributed by atoms with Gasteiger partial charge in [-0.05, 0) is 49.6 Å². The number of anilines is 1. The summed E-state index contributed by atoms with van der Waals surface area (Å²) in [6.07, 6.45) is 1.67. The summed E-state index contributed by atoms with van der Waals surface area (Å²) in [7, 11) is -3.67. The molecule has 1 aliphatic heterocycles. The number of sulfonamides is 1. The molecule has 2 heterocycles. The van der Waals surface area contributed by atoms with Crippen LogP contribution in [0.15, 0.2) is 39.8 Å². The third-order valence-electron chi connectivity index (χ3n) is 3.91. The number of hydrogen-bond donors (Lipinski definition) is 1. The maximum absolute atomic E-state index is 12.4. The standard InChI is InChI=1S/C16H17ClN2O4S/c1-11-4-5-12(17)10-13(11)18-16(20)14-6-7-15(23-14)24(21,22)19-8-2-3-9-19/h4-7,10H,2-3,8-9H2,1H3,(H,18,20). The summed E-state index contributed by atoms with van der Waals surface area (Å²) in [5, 5.41) is 2.96. The Labute approximate surface area is 145 Å². The van der Waals surface area contributed by atoms with Gasteiger partial charge < -0.3 is 9.73 Å². The molecule has 0 radical (unpaired) electrons. The largest absolute Gasteiger partial charge is 0.438 e. The quantitative estimate of drug-likeness (QED) is 0.898. The van der Waals surface area contributed by atoms with Crippen molar-refractivity contribution >= 4 is 33.2 Å². The molecule has 128 valence electrons. The summed E-state index contributed by atoms with van der Waals surface area (Å²) in [6, 6.07) is 7.80. The molecule has 1 N–H and O–H groups in total. The first kappa shape index (κ1) is 17.0. The normalized spacial score (nSPS) is 15.6. The lowest BCUT2D eigenvalue weighted by Gasteiger charge is -2.12. The Morgan fingerprint density at radius 1 is 1.21 bits per heavy atom. The first-order chi connectivity index (χ1) is 11.4. The van der Waals surface area contributed by atoms with Crippen LogP contribution in [-0.4, -0.2) is 31.7 Å². The molecule has 0 saturated carbocycles. The van der Waals surface area contributed by atoms with Gasteiger partial charge in [-0.1, -0.05) is 17.7 Å². The van der Waals surface area contributed by atoms with Gasteiger partial charge in [0, 0.05) is 23.8 Å². The Morgan fingerprint density at radius 2 is 1.92 bits per heavy atom. The lowest BCUT2D eigenvalue weighted by Crippen LogP contribution is -2.27. The molecule has 1 amide bonds. The molecular weight excluding hydrogens is 352 g/mol. The van der Waals surface area contributed by atoms with Crippen LogP contribution in [-0.2, 0) is 10.0 Å². The minimum Gasteiger partial charge on any atom is -0.438 e. The van der Waals surface area contributed by atoms with E-state index in [1.54, 1.807) is 18.2 Å². The minimum atomic E-state index is -3.67. The van der Waals surface area contributed by atoms with E-state index < -0.39 is 15.9 Å². The van der Waals surface area contributed by atoms with Crippen molar-refractivity contribution in [3.63, 3.8) is 0 Å². The Bertz CT molecular complexity index is 870. The zero-order valence-corrected chi connectivity index (χ0v) is 14.7. The fourth-order valence-electron chi connectivity index (χ4n) is 2.55. The number of hydrogen-bond acceptors (Lipinski definition) is 4. The second-order valence-corrected chi connectivity index (χ2v) is 7.95. The van der Waals surface area contributed by atoms with Gasteiger partial charge in [-0.25, -0.2) is 8.42 Å². The Kier molecular flexibility index (Phi) is 4.67. The second-order valence-electron chi connectivity index (χ2n) is 5.64. The molecule has 1 aromatic heterocycles. The zero-order chi connectivity index (χ0) is 17.3. The van der Waals surface area contributed by atoms with Crippen molar-refractivity contribution in [3.05, 3.63) is 46.7 Å². The SMILES string of the molecule is Cc1ccc(Cl)cc1NC(=O)c1ccc(S(=O)(=O)N2CCCC2)o1. The lowest BCUT2D eigenvalue weighted by atomic mass is 10.2. The van der Waals surface area contributed by atoms with Crippen LogP contribution in [0.2, 0.25) is 5.02 Å². The van der Waals surface area contributed by atoms with Gasteiger partial charge in [-0.3, -0.25) is 4.79 Å². The summed E-state index contributed by atoms with van der Waals surface area (Å²) < 4.78 is 31.5. The van der Waals surface area contributed by atoms with Crippen LogP contribution in [0.1, 0.15) is 29.0 Å². The number of aryl methyl sites for hydroxylation is 1. The molecule has 0 bridgehead atoms. The predicted octanol–water partition coefficient (Wildman–Crippen LogP) is 3.28. The van der Waals surface area contributed by atoms with E-state index in [1.807, 2.05) is 6.92 Å². The van der Waals surface area contributed by atoms with Gasteiger partial charge in [0.15, 0.2) is 5.76 Å². The zero-order valence-electron chi connectivity index (χ0n) is 13.1. The summed E-state index contributed by atoms with van der Waals surface area (Å²) in [5.74, 6) is -0.588. The highest BCUT2D eigenvalue weighted by Gasteiger charge is 2.30. The number of carbonyl (C=O) groups is 1. The fraction of sp³-hybridized carbons (Fsp3) is 0.312. The van der Waals surface area contributed by atoms with Crippen LogP contribution in [0.5, 0.6) is 0 Å². The van der Waals surface area contributed by atoms with E-state index in [4.69, 9.17) is 16.0 Å². The molecule has 8 heteroatoms. The van der Waals surface area contributed by atoms with Crippen molar-refractivity contribution in [3.8, 4) is 0 Å². The van der Waals surface area contributed by atoms with Crippen molar-refractivity contribution in [2.45, 2.75) is 24.9 Å². The molecule has 6 nitrogen and oxygen atoms in total. The van der Waals surface area contributed by atoms with Crippen LogP contribution >= 0.6 is 11.6 Å². The van der Waals surface area contributed by atoms with Crippen LogP contribution in [0.4, 0.5) is 5.69 Å². The van der Waals surface area contributed by atoms with E-state index in [-0.39, 0.29) is 10.9 Å². The highest BCUT2D eigenvalue weighted by Crippen LogP contribution is 2.24. The number of rotatable bonds is 4. The Morgan fingerprint density at radius 3 is 2.62 bits per heavy atom. The summed E-state index contributed by atoms with van der Waals surface area (Å²) in [4.78, 5) is 12.3. The van der Waals surface area contributed by atoms with Gasteiger partial charge >= 0.3 is 0 Å². The van der Waals surface area contributed by atoms with Gasteiger partial charge in [0.05, 0.1) is 0 Å². The number of benzene rings is 1. The van der Waals surface area contributed by atoms with Crippen LogP contribution in [0.25, 0.3) is 0 Å². The number of carbonyl (C=O) groups excluding carboxylic acids is 1. The molecular formula is C16H17ClN2O4S. The molecule has 1 fully saturated rings. The number of furan rings is 1. The van der Waals surface area contributed by atoms with Gasteiger partial charge in [-0.2, -0.15) is 4.31 Å². The molecule has 1 aromatic carbocycles. The van der Waals surface area contributed by atoms with Gasteiger partial charge in [0.25, 0.3) is 15.9 Å². The van der Waals surface area contributed by atoms with Gasteiger partial charge in [0.1, 0.15) is 0 Å². The van der Waals surface area contributed by atoms with Crippen molar-refractivity contribution < 1.29 is 17.6 Å². The average Bonchev–Trinajstić information content (AvgIpc) is 3.22. The third kappa shape index (κ3) is 3.33. The monoisotopic (exact) mass is 368 g/mol. The van der Waals surface area contributed by atoms with Crippen molar-refractivity contribution in [2.24, 2.45) is 0 Å². The number of nitrogens with one attached hydrogen (secondary N) is 1. The summed E-state index contributed by atoms with van der Waals surface area (Å²) >= 11 is 5.92. The molecule has 0 spiro atoms. The number of halogens is 1. The number of amides is 1. The van der Waals surface area contributed by atoms with E-state index in [0.29, 0.717) is 23.8 Å². The first-order valence-corrected chi connectivity index (χ1v) is 9.37. The average molecular weight is 369 g/mol. The van der Waals surface area contributed by atoms with E-state index in [9.17, 15) is 13.2 Å². The second kappa shape index (κ2) is 6.58. The van der Waals surface area contributed by atoms with Crippen molar-refractivity contribution in [1.82, 2.24) is 4.31 Å². The molecule has 24 heavy (non-hydrogen) atoms. The molecule has 1 saturated heterocycles. The topological polar surface area (TPSA) is 79.6 Å². The van der Waals surface area contributed by atoms with Crippen LogP contribution < -0.4 is 5.32 Å².